The predicted octanol–water partition coefficient (Wildman–Crippen LogP) is 11.6. The molecule has 0 amide bonds. The van der Waals surface area contributed by atoms with Gasteiger partial charge in [0.2, 0.25) is 0 Å². The number of fused-ring (bicyclic) bond motifs is 13. The highest BCUT2D eigenvalue weighted by Gasteiger charge is 2.52. The van der Waals surface area contributed by atoms with Gasteiger partial charge in [-0.2, -0.15) is 0 Å². The normalized spacial score (nSPS) is 14.7. The Labute approximate surface area is 261 Å². The van der Waals surface area contributed by atoms with Crippen LogP contribution in [-0.2, 0) is 18.3 Å². The van der Waals surface area contributed by atoms with Gasteiger partial charge < -0.3 is 4.74 Å². The lowest BCUT2D eigenvalue weighted by atomic mass is 9.65. The van der Waals surface area contributed by atoms with E-state index in [4.69, 9.17) is 4.74 Å². The third-order valence-electron chi connectivity index (χ3n) is 9.51. The van der Waals surface area contributed by atoms with Crippen LogP contribution in [0.5, 0.6) is 11.5 Å². The van der Waals surface area contributed by atoms with E-state index in [9.17, 15) is 0 Å². The van der Waals surface area contributed by atoms with Crippen molar-refractivity contribution < 1.29 is 4.74 Å². The second-order valence-electron chi connectivity index (χ2n) is 15.4. The molecule has 1 spiro atoms. The van der Waals surface area contributed by atoms with Crippen LogP contribution < -0.4 is 4.74 Å². The van der Waals surface area contributed by atoms with Gasteiger partial charge in [-0.05, 0) is 67.8 Å². The molecule has 1 aliphatic heterocycles. The van der Waals surface area contributed by atoms with Gasteiger partial charge in [0.1, 0.15) is 11.5 Å². The Kier molecular flexibility index (Phi) is 5.76. The largest absolute Gasteiger partial charge is 0.455 e. The third-order valence-corrected chi connectivity index (χ3v) is 9.51. The molecule has 6 aromatic rings. The molecule has 0 fully saturated rings. The molecule has 8 rings (SSSR count). The van der Waals surface area contributed by atoms with Gasteiger partial charge in [0.25, 0.3) is 0 Å². The smallest absolute Gasteiger partial charge is 0.140 e. The first-order valence-corrected chi connectivity index (χ1v) is 16.0. The van der Waals surface area contributed by atoms with E-state index in [2.05, 4.69) is 151 Å². The second-order valence-corrected chi connectivity index (χ2v) is 15.4. The minimum atomic E-state index is -0.490. The number of rotatable bonds is 2. The molecule has 0 aromatic heterocycles. The summed E-state index contributed by atoms with van der Waals surface area (Å²) in [4.78, 5) is 0. The fourth-order valence-electron chi connectivity index (χ4n) is 7.99. The van der Waals surface area contributed by atoms with E-state index in [1.54, 1.807) is 0 Å². The standard InChI is InChI=1S/C43H40O/c1-41(2,3)25-27-16-20-35-34(23-27)33-19-15-28(26-42(4,5)6)24-38(33)43(35)36-21-17-29-11-7-9-13-31(29)39(36)44-40-32-14-10-8-12-30(32)18-22-37(40)43/h7-24H,25-26H2,1-6H3. The van der Waals surface area contributed by atoms with Gasteiger partial charge in [-0.15, -0.1) is 0 Å². The Morgan fingerprint density at radius 1 is 0.477 bits per heavy atom. The van der Waals surface area contributed by atoms with Gasteiger partial charge >= 0.3 is 0 Å². The summed E-state index contributed by atoms with van der Waals surface area (Å²) in [5, 5.41) is 4.72. The van der Waals surface area contributed by atoms with Crippen LogP contribution in [0.3, 0.4) is 0 Å². The van der Waals surface area contributed by atoms with Crippen molar-refractivity contribution in [3.05, 3.63) is 143 Å². The lowest BCUT2D eigenvalue weighted by Crippen LogP contribution is -2.32. The molecule has 0 N–H and O–H groups in total. The van der Waals surface area contributed by atoms with Crippen molar-refractivity contribution in [2.24, 2.45) is 10.8 Å². The Morgan fingerprint density at radius 2 is 0.977 bits per heavy atom. The summed E-state index contributed by atoms with van der Waals surface area (Å²) in [6, 6.07) is 41.2. The van der Waals surface area contributed by atoms with Crippen molar-refractivity contribution in [2.75, 3.05) is 0 Å². The Bertz CT molecular complexity index is 2030. The number of hydrogen-bond acceptors (Lipinski definition) is 1. The van der Waals surface area contributed by atoms with Crippen molar-refractivity contribution in [2.45, 2.75) is 59.8 Å². The number of benzene rings is 6. The zero-order chi connectivity index (χ0) is 30.4. The average Bonchev–Trinajstić information content (AvgIpc) is 3.25. The highest BCUT2D eigenvalue weighted by atomic mass is 16.5. The predicted molar refractivity (Wildman–Crippen MR) is 185 cm³/mol. The van der Waals surface area contributed by atoms with Crippen LogP contribution in [0.2, 0.25) is 0 Å². The third kappa shape index (κ3) is 4.05. The van der Waals surface area contributed by atoms with E-state index in [0.29, 0.717) is 0 Å². The van der Waals surface area contributed by atoms with Crippen LogP contribution in [0.25, 0.3) is 32.7 Å². The Balaban J connectivity index is 1.53. The Morgan fingerprint density at radius 3 is 1.55 bits per heavy atom. The first-order valence-electron chi connectivity index (χ1n) is 16.0. The topological polar surface area (TPSA) is 9.23 Å². The fraction of sp³-hybridized carbons (Fsp3) is 0.256. The molecule has 1 aliphatic carbocycles. The van der Waals surface area contributed by atoms with Crippen molar-refractivity contribution in [1.29, 1.82) is 0 Å². The molecule has 0 saturated carbocycles. The minimum Gasteiger partial charge on any atom is -0.455 e. The first kappa shape index (κ1) is 27.2. The molecule has 0 atom stereocenters. The maximum absolute atomic E-state index is 7.12. The molecule has 1 nitrogen and oxygen atoms in total. The van der Waals surface area contributed by atoms with E-state index in [1.807, 2.05) is 0 Å². The average molecular weight is 573 g/mol. The molecular weight excluding hydrogens is 532 g/mol. The van der Waals surface area contributed by atoms with Crippen molar-refractivity contribution in [3.63, 3.8) is 0 Å². The minimum absolute atomic E-state index is 0.185. The molecule has 2 aliphatic rings. The summed E-state index contributed by atoms with van der Waals surface area (Å²) in [6.45, 7) is 14.0. The maximum atomic E-state index is 7.12. The Hall–Kier alpha value is -4.36. The highest BCUT2D eigenvalue weighted by Crippen LogP contribution is 2.64. The second kappa shape index (κ2) is 9.32. The molecule has 218 valence electrons. The van der Waals surface area contributed by atoms with Crippen molar-refractivity contribution in [3.8, 4) is 22.6 Å². The van der Waals surface area contributed by atoms with Crippen LogP contribution in [0, 0.1) is 10.8 Å². The van der Waals surface area contributed by atoms with Crippen LogP contribution in [0.1, 0.15) is 74.9 Å². The van der Waals surface area contributed by atoms with Gasteiger partial charge in [0.15, 0.2) is 0 Å². The number of hydrogen-bond donors (Lipinski definition) is 0. The van der Waals surface area contributed by atoms with Gasteiger partial charge in [-0.3, -0.25) is 0 Å². The zero-order valence-corrected chi connectivity index (χ0v) is 26.7. The van der Waals surface area contributed by atoms with Crippen molar-refractivity contribution in [1.82, 2.24) is 0 Å². The summed E-state index contributed by atoms with van der Waals surface area (Å²) >= 11 is 0. The zero-order valence-electron chi connectivity index (χ0n) is 26.7. The molecule has 1 heterocycles. The van der Waals surface area contributed by atoms with Crippen molar-refractivity contribution >= 4 is 21.5 Å². The molecule has 44 heavy (non-hydrogen) atoms. The molecule has 1 heteroatoms. The van der Waals surface area contributed by atoms with Crippen LogP contribution in [0.15, 0.2) is 109 Å². The van der Waals surface area contributed by atoms with Gasteiger partial charge in [-0.25, -0.2) is 0 Å². The summed E-state index contributed by atoms with van der Waals surface area (Å²) in [6.07, 6.45) is 2.06. The highest BCUT2D eigenvalue weighted by molar-refractivity contribution is 5.99. The summed E-state index contributed by atoms with van der Waals surface area (Å²) in [5.74, 6) is 1.96. The quantitative estimate of drug-likeness (QED) is 0.200. The van der Waals surface area contributed by atoms with Gasteiger partial charge in [0.05, 0.1) is 5.41 Å². The molecule has 0 bridgehead atoms. The van der Waals surface area contributed by atoms with Gasteiger partial charge in [-0.1, -0.05) is 151 Å². The lowest BCUT2D eigenvalue weighted by molar-refractivity contribution is 0.410. The SMILES string of the molecule is CC(C)(C)Cc1ccc2c(c1)-c1ccc(CC(C)(C)C)cc1C21c2ccc3ccccc3c2Oc2c1ccc1ccccc21. The molecule has 0 radical (unpaired) electrons. The van der Waals surface area contributed by atoms with E-state index < -0.39 is 5.41 Å². The maximum Gasteiger partial charge on any atom is 0.140 e. The van der Waals surface area contributed by atoms with Crippen LogP contribution in [-0.4, -0.2) is 0 Å². The summed E-state index contributed by atoms with van der Waals surface area (Å²) < 4.78 is 7.12. The summed E-state index contributed by atoms with van der Waals surface area (Å²) in [5.41, 5.74) is 10.6. The molecule has 0 saturated heterocycles. The first-order chi connectivity index (χ1) is 21.0. The molecule has 6 aromatic carbocycles. The molecule has 0 unspecified atom stereocenters. The van der Waals surface area contributed by atoms with E-state index in [-0.39, 0.29) is 10.8 Å². The lowest BCUT2D eigenvalue weighted by Gasteiger charge is -2.40. The number of ether oxygens (including phenoxy) is 1. The summed E-state index contributed by atoms with van der Waals surface area (Å²) in [7, 11) is 0. The van der Waals surface area contributed by atoms with E-state index >= 15 is 0 Å². The van der Waals surface area contributed by atoms with E-state index in [0.717, 1.165) is 35.1 Å². The van der Waals surface area contributed by atoms with Crippen LogP contribution in [0.4, 0.5) is 0 Å². The van der Waals surface area contributed by atoms with E-state index in [1.165, 1.54) is 55.3 Å². The monoisotopic (exact) mass is 572 g/mol. The fourth-order valence-corrected chi connectivity index (χ4v) is 7.99. The van der Waals surface area contributed by atoms with Gasteiger partial charge in [0, 0.05) is 21.9 Å². The van der Waals surface area contributed by atoms with Crippen LogP contribution >= 0.6 is 0 Å². The molecular formula is C43H40O.